The van der Waals surface area contributed by atoms with Crippen molar-refractivity contribution in [3.8, 4) is 5.75 Å². The second-order valence-corrected chi connectivity index (χ2v) is 12.7. The van der Waals surface area contributed by atoms with Crippen LogP contribution in [0.1, 0.15) is 16.9 Å². The Morgan fingerprint density at radius 3 is 2.62 bits per heavy atom. The molecule has 240 valence electrons. The summed E-state index contributed by atoms with van der Waals surface area (Å²) < 4.78 is 34.1. The third-order valence-electron chi connectivity index (χ3n) is 6.30. The fourth-order valence-electron chi connectivity index (χ4n) is 4.12. The molecule has 0 aliphatic carbocycles. The van der Waals surface area contributed by atoms with Crippen LogP contribution in [0.5, 0.6) is 5.75 Å². The summed E-state index contributed by atoms with van der Waals surface area (Å²) in [5.74, 6) is -0.203. The van der Waals surface area contributed by atoms with Gasteiger partial charge in [0.25, 0.3) is 17.5 Å². The molecule has 0 bridgehead atoms. The Kier molecular flexibility index (Phi) is 10.2. The molecule has 2 amide bonds. The minimum atomic E-state index is -3.88. The van der Waals surface area contributed by atoms with E-state index in [4.69, 9.17) is 25.9 Å². The van der Waals surface area contributed by atoms with E-state index in [0.29, 0.717) is 27.6 Å². The molecule has 3 aromatic carbocycles. The smallest absolute Gasteiger partial charge is 0.270 e. The monoisotopic (exact) mass is 694 g/mol. The normalized spacial score (nSPS) is 15.1. The molecule has 0 unspecified atom stereocenters. The standard InChI is InChI=1S/C30H23ClN6O8S2/c31-21-6-11-26(45-18-28(38)34-22-7-9-25(10-8-22)47(32,42)43)20(14-21)15-27-29(39)36(17-24-5-2-12-44-24)30(46-27)35-33-16-19-3-1-4-23(13-19)37(40)41/h1-16H,17-18H2,(H,34,38)(H2,32,42,43)/b27-15-,33-16+,35-30-. The van der Waals surface area contributed by atoms with Gasteiger partial charge in [0.1, 0.15) is 11.5 Å². The minimum Gasteiger partial charge on any atom is -0.483 e. The van der Waals surface area contributed by atoms with E-state index in [1.165, 1.54) is 59.8 Å². The van der Waals surface area contributed by atoms with Crippen LogP contribution in [0.25, 0.3) is 6.08 Å². The molecule has 47 heavy (non-hydrogen) atoms. The van der Waals surface area contributed by atoms with Crippen molar-refractivity contribution in [2.45, 2.75) is 11.4 Å². The number of hydrogen-bond donors (Lipinski definition) is 2. The fourth-order valence-corrected chi connectivity index (χ4v) is 5.74. The number of primary sulfonamides is 1. The lowest BCUT2D eigenvalue weighted by Gasteiger charge is -2.13. The number of nitro benzene ring substituents is 1. The third-order valence-corrected chi connectivity index (χ3v) is 8.46. The van der Waals surface area contributed by atoms with Crippen molar-refractivity contribution in [2.75, 3.05) is 11.9 Å². The number of non-ortho nitro benzene ring substituents is 1. The number of amides is 2. The highest BCUT2D eigenvalue weighted by atomic mass is 35.5. The molecule has 1 aromatic heterocycles. The summed E-state index contributed by atoms with van der Waals surface area (Å²) in [7, 11) is -3.88. The molecule has 1 fully saturated rings. The topological polar surface area (TPSA) is 200 Å². The number of thioether (sulfide) groups is 1. The molecule has 0 atom stereocenters. The number of sulfonamides is 1. The van der Waals surface area contributed by atoms with E-state index in [1.807, 2.05) is 0 Å². The highest BCUT2D eigenvalue weighted by Gasteiger charge is 2.34. The van der Waals surface area contributed by atoms with Gasteiger partial charge in [0.05, 0.1) is 33.7 Å². The zero-order valence-electron chi connectivity index (χ0n) is 24.0. The Hall–Kier alpha value is -5.29. The maximum Gasteiger partial charge on any atom is 0.270 e. The van der Waals surface area contributed by atoms with Gasteiger partial charge in [-0.25, -0.2) is 13.6 Å². The molecule has 1 aliphatic heterocycles. The number of benzene rings is 3. The van der Waals surface area contributed by atoms with Gasteiger partial charge in [-0.1, -0.05) is 23.7 Å². The van der Waals surface area contributed by atoms with Crippen molar-refractivity contribution >= 4 is 74.0 Å². The number of halogens is 1. The SMILES string of the molecule is NS(=O)(=O)c1ccc(NC(=O)COc2ccc(Cl)cc2/C=C2\S/C(=N\N=C\c3cccc([N+](=O)[O-])c3)N(Cc3ccco3)C2=O)cc1. The molecular weight excluding hydrogens is 672 g/mol. The average Bonchev–Trinajstić information content (AvgIpc) is 3.65. The first-order chi connectivity index (χ1) is 22.5. The zero-order chi connectivity index (χ0) is 33.6. The van der Waals surface area contributed by atoms with Gasteiger partial charge in [0.2, 0.25) is 10.0 Å². The second kappa shape index (κ2) is 14.4. The van der Waals surface area contributed by atoms with Crippen LogP contribution >= 0.6 is 23.4 Å². The average molecular weight is 695 g/mol. The van der Waals surface area contributed by atoms with Gasteiger partial charge in [0.15, 0.2) is 11.8 Å². The number of carbonyl (C=O) groups is 2. The first-order valence-corrected chi connectivity index (χ1v) is 16.1. The maximum atomic E-state index is 13.6. The van der Waals surface area contributed by atoms with Crippen LogP contribution in [0.2, 0.25) is 5.02 Å². The van der Waals surface area contributed by atoms with Gasteiger partial charge >= 0.3 is 0 Å². The molecular formula is C30H23ClN6O8S2. The van der Waals surface area contributed by atoms with E-state index in [2.05, 4.69) is 15.5 Å². The quantitative estimate of drug-likeness (QED) is 0.0937. The molecule has 4 aromatic rings. The van der Waals surface area contributed by atoms with E-state index in [1.54, 1.807) is 42.5 Å². The van der Waals surface area contributed by atoms with Gasteiger partial charge in [-0.15, -0.1) is 5.10 Å². The van der Waals surface area contributed by atoms with E-state index < -0.39 is 33.4 Å². The summed E-state index contributed by atoms with van der Waals surface area (Å²) in [6.07, 6.45) is 4.35. The number of anilines is 1. The molecule has 3 N–H and O–H groups in total. The lowest BCUT2D eigenvalue weighted by atomic mass is 10.2. The molecule has 1 saturated heterocycles. The number of nitrogens with zero attached hydrogens (tertiary/aromatic N) is 4. The number of rotatable bonds is 11. The van der Waals surface area contributed by atoms with Crippen LogP contribution in [-0.4, -0.2) is 48.0 Å². The highest BCUT2D eigenvalue weighted by molar-refractivity contribution is 8.18. The number of hydrogen-bond acceptors (Lipinski definition) is 11. The Bertz CT molecular complexity index is 2030. The Labute approximate surface area is 276 Å². The van der Waals surface area contributed by atoms with Crippen molar-refractivity contribution in [3.05, 3.63) is 122 Å². The largest absolute Gasteiger partial charge is 0.483 e. The van der Waals surface area contributed by atoms with Crippen LogP contribution in [0.4, 0.5) is 11.4 Å². The van der Waals surface area contributed by atoms with E-state index in [9.17, 15) is 28.1 Å². The van der Waals surface area contributed by atoms with Crippen molar-refractivity contribution in [1.29, 1.82) is 0 Å². The summed E-state index contributed by atoms with van der Waals surface area (Å²) >= 11 is 7.27. The van der Waals surface area contributed by atoms with E-state index in [-0.39, 0.29) is 32.9 Å². The number of furan rings is 1. The fraction of sp³-hybridized carbons (Fsp3) is 0.0667. The van der Waals surface area contributed by atoms with Gasteiger partial charge in [0, 0.05) is 34.0 Å². The van der Waals surface area contributed by atoms with Gasteiger partial charge < -0.3 is 14.5 Å². The van der Waals surface area contributed by atoms with Crippen LogP contribution in [0.3, 0.4) is 0 Å². The summed E-state index contributed by atoms with van der Waals surface area (Å²) in [5.41, 5.74) is 1.07. The maximum absolute atomic E-state index is 13.6. The number of carbonyl (C=O) groups excluding carboxylic acids is 2. The highest BCUT2D eigenvalue weighted by Crippen LogP contribution is 2.36. The summed E-state index contributed by atoms with van der Waals surface area (Å²) in [6.45, 7) is -0.363. The minimum absolute atomic E-state index is 0.0542. The van der Waals surface area contributed by atoms with E-state index >= 15 is 0 Å². The summed E-state index contributed by atoms with van der Waals surface area (Å²) in [5, 5.41) is 27.6. The first-order valence-electron chi connectivity index (χ1n) is 13.4. The predicted octanol–water partition coefficient (Wildman–Crippen LogP) is 5.01. The summed E-state index contributed by atoms with van der Waals surface area (Å²) in [6, 6.07) is 19.2. The van der Waals surface area contributed by atoms with Gasteiger partial charge in [-0.2, -0.15) is 5.10 Å². The van der Waals surface area contributed by atoms with Crippen LogP contribution < -0.4 is 15.2 Å². The van der Waals surface area contributed by atoms with Crippen molar-refractivity contribution < 1.29 is 32.1 Å². The third kappa shape index (κ3) is 8.71. The number of ether oxygens (including phenoxy) is 1. The lowest BCUT2D eigenvalue weighted by molar-refractivity contribution is -0.384. The number of nitro groups is 1. The number of amidine groups is 1. The van der Waals surface area contributed by atoms with Crippen LogP contribution in [-0.2, 0) is 26.2 Å². The Balaban J connectivity index is 1.35. The molecule has 14 nitrogen and oxygen atoms in total. The molecule has 2 heterocycles. The zero-order valence-corrected chi connectivity index (χ0v) is 26.4. The summed E-state index contributed by atoms with van der Waals surface area (Å²) in [4.78, 5) is 38.2. The Morgan fingerprint density at radius 1 is 1.13 bits per heavy atom. The van der Waals surface area contributed by atoms with Gasteiger partial charge in [-0.05, 0) is 72.4 Å². The Morgan fingerprint density at radius 2 is 1.91 bits per heavy atom. The first kappa shape index (κ1) is 33.1. The lowest BCUT2D eigenvalue weighted by Crippen LogP contribution is -2.28. The molecule has 1 aliphatic rings. The van der Waals surface area contributed by atoms with Crippen molar-refractivity contribution in [1.82, 2.24) is 4.90 Å². The van der Waals surface area contributed by atoms with Crippen LogP contribution in [0.15, 0.2) is 110 Å². The molecule has 0 saturated carbocycles. The molecule has 0 spiro atoms. The van der Waals surface area contributed by atoms with Crippen LogP contribution in [0, 0.1) is 10.1 Å². The van der Waals surface area contributed by atoms with Gasteiger partial charge in [-0.3, -0.25) is 24.6 Å². The number of nitrogens with one attached hydrogen (secondary N) is 1. The molecule has 0 radical (unpaired) electrons. The van der Waals surface area contributed by atoms with Crippen molar-refractivity contribution in [3.63, 3.8) is 0 Å². The van der Waals surface area contributed by atoms with Crippen molar-refractivity contribution in [2.24, 2.45) is 15.3 Å². The molecule has 17 heteroatoms. The predicted molar refractivity (Wildman–Crippen MR) is 176 cm³/mol. The second-order valence-electron chi connectivity index (χ2n) is 9.65. The van der Waals surface area contributed by atoms with E-state index in [0.717, 1.165) is 11.8 Å². The number of nitrogens with two attached hydrogens (primary N) is 1. The molecule has 5 rings (SSSR count).